The first kappa shape index (κ1) is 28.7. The van der Waals surface area contributed by atoms with E-state index >= 15 is 0 Å². The highest BCUT2D eigenvalue weighted by Crippen LogP contribution is 2.29. The van der Waals surface area contributed by atoms with Crippen molar-refractivity contribution in [2.24, 2.45) is 5.73 Å². The maximum Gasteiger partial charge on any atom is 0.407 e. The smallest absolute Gasteiger partial charge is 0.407 e. The fourth-order valence-corrected chi connectivity index (χ4v) is 5.73. The highest BCUT2D eigenvalue weighted by molar-refractivity contribution is 6.00. The molecule has 0 saturated heterocycles. The van der Waals surface area contributed by atoms with Crippen molar-refractivity contribution in [2.45, 2.75) is 75.6 Å². The predicted molar refractivity (Wildman–Crippen MR) is 153 cm³/mol. The molecule has 0 bridgehead atoms. The number of nitriles is 1. The van der Waals surface area contributed by atoms with Crippen LogP contribution in [0.4, 0.5) is 15.3 Å². The minimum Gasteiger partial charge on any atom is -0.453 e. The van der Waals surface area contributed by atoms with Crippen LogP contribution in [0.15, 0.2) is 36.7 Å². The first-order chi connectivity index (χ1) is 20.3. The van der Waals surface area contributed by atoms with E-state index in [4.69, 9.17) is 15.2 Å². The third-order valence-corrected chi connectivity index (χ3v) is 7.93. The number of nitrogens with two attached hydrogens (primary N) is 1. The van der Waals surface area contributed by atoms with Gasteiger partial charge >= 0.3 is 12.2 Å². The van der Waals surface area contributed by atoms with E-state index in [0.29, 0.717) is 48.2 Å². The van der Waals surface area contributed by atoms with Crippen molar-refractivity contribution in [3.05, 3.63) is 47.8 Å². The van der Waals surface area contributed by atoms with E-state index in [-0.39, 0.29) is 30.1 Å². The lowest BCUT2D eigenvalue weighted by atomic mass is 9.90. The third kappa shape index (κ3) is 6.71. The molecule has 0 aliphatic heterocycles. The number of hydrogen-bond donors (Lipinski definition) is 4. The fraction of sp³-hybridized carbons (Fsp3) is 0.448. The summed E-state index contributed by atoms with van der Waals surface area (Å²) in [7, 11) is 1.35. The lowest BCUT2D eigenvalue weighted by Gasteiger charge is -2.31. The largest absolute Gasteiger partial charge is 0.453 e. The molecular formula is C29H34N8O5. The number of rotatable bonds is 7. The lowest BCUT2D eigenvalue weighted by molar-refractivity contribution is 0.0711. The van der Waals surface area contributed by atoms with Gasteiger partial charge in [0, 0.05) is 24.3 Å². The molecule has 220 valence electrons. The van der Waals surface area contributed by atoms with E-state index in [2.05, 4.69) is 32.1 Å². The topological polar surface area (TPSA) is 186 Å². The summed E-state index contributed by atoms with van der Waals surface area (Å²) in [5, 5.41) is 23.2. The molecule has 0 aromatic carbocycles. The molecule has 13 heteroatoms. The second kappa shape index (κ2) is 12.8. The zero-order valence-corrected chi connectivity index (χ0v) is 23.3. The molecule has 0 atom stereocenters. The van der Waals surface area contributed by atoms with Crippen LogP contribution in [-0.2, 0) is 9.47 Å². The Kier molecular flexibility index (Phi) is 8.71. The van der Waals surface area contributed by atoms with E-state index in [1.165, 1.54) is 13.3 Å². The second-order valence-corrected chi connectivity index (χ2v) is 10.7. The highest BCUT2D eigenvalue weighted by atomic mass is 16.6. The monoisotopic (exact) mass is 574 g/mol. The van der Waals surface area contributed by atoms with E-state index in [9.17, 15) is 19.6 Å². The van der Waals surface area contributed by atoms with Crippen molar-refractivity contribution in [3.8, 4) is 17.5 Å². The van der Waals surface area contributed by atoms with Gasteiger partial charge < -0.3 is 31.2 Å². The van der Waals surface area contributed by atoms with Crippen molar-refractivity contribution in [3.63, 3.8) is 0 Å². The molecule has 5 rings (SSSR count). The quantitative estimate of drug-likeness (QED) is 0.328. The number of aromatic nitrogens is 3. The number of ether oxygens (including phenoxy) is 2. The maximum absolute atomic E-state index is 13.5. The van der Waals surface area contributed by atoms with Gasteiger partial charge in [-0.2, -0.15) is 10.4 Å². The molecule has 13 nitrogen and oxygen atoms in total. The van der Waals surface area contributed by atoms with Crippen LogP contribution in [0.3, 0.4) is 0 Å². The number of fused-ring (bicyclic) bond motifs is 1. The van der Waals surface area contributed by atoms with Crippen molar-refractivity contribution < 1.29 is 23.9 Å². The molecule has 2 aliphatic rings. The van der Waals surface area contributed by atoms with Gasteiger partial charge in [-0.25, -0.2) is 14.1 Å². The summed E-state index contributed by atoms with van der Waals surface area (Å²) in [5.41, 5.74) is 8.78. The molecule has 0 spiro atoms. The SMILES string of the molecule is COC(=O)NC1CCC(Nc2cc(-c3ccc4cc(C#N)cnn34)ncc2C(=O)NC2CCC(OC(N)=O)CC2)CC1. The maximum atomic E-state index is 13.5. The molecule has 3 aromatic rings. The summed E-state index contributed by atoms with van der Waals surface area (Å²) >= 11 is 0. The third-order valence-electron chi connectivity index (χ3n) is 7.93. The molecule has 5 N–H and O–H groups in total. The number of hydrogen-bond acceptors (Lipinski definition) is 9. The van der Waals surface area contributed by atoms with Gasteiger partial charge in [0.1, 0.15) is 12.2 Å². The number of amides is 3. The van der Waals surface area contributed by atoms with Crippen molar-refractivity contribution in [2.75, 3.05) is 12.4 Å². The zero-order chi connectivity index (χ0) is 29.6. The van der Waals surface area contributed by atoms with E-state index in [0.717, 1.165) is 36.9 Å². The summed E-state index contributed by atoms with van der Waals surface area (Å²) in [5.74, 6) is -0.242. The summed E-state index contributed by atoms with van der Waals surface area (Å²) in [4.78, 5) is 40.8. The van der Waals surface area contributed by atoms with Crippen LogP contribution >= 0.6 is 0 Å². The van der Waals surface area contributed by atoms with Crippen LogP contribution in [0.5, 0.6) is 0 Å². The normalized spacial score (nSPS) is 22.0. The molecule has 0 unspecified atom stereocenters. The summed E-state index contributed by atoms with van der Waals surface area (Å²) < 4.78 is 11.6. The summed E-state index contributed by atoms with van der Waals surface area (Å²) in [6.07, 6.45) is 7.36. The Labute approximate surface area is 242 Å². The molecule has 42 heavy (non-hydrogen) atoms. The summed E-state index contributed by atoms with van der Waals surface area (Å²) in [6.45, 7) is 0. The molecular weight excluding hydrogens is 540 g/mol. The minimum absolute atomic E-state index is 0.0383. The van der Waals surface area contributed by atoms with E-state index < -0.39 is 12.2 Å². The number of nitrogens with zero attached hydrogens (tertiary/aromatic N) is 4. The van der Waals surface area contributed by atoms with Crippen molar-refractivity contribution >= 4 is 29.3 Å². The highest BCUT2D eigenvalue weighted by Gasteiger charge is 2.27. The Balaban J connectivity index is 1.35. The van der Waals surface area contributed by atoms with E-state index in [1.54, 1.807) is 16.8 Å². The van der Waals surface area contributed by atoms with Gasteiger partial charge in [0.05, 0.1) is 47.0 Å². The molecule has 3 amide bonds. The van der Waals surface area contributed by atoms with Gasteiger partial charge in [0.25, 0.3) is 5.91 Å². The van der Waals surface area contributed by atoms with Crippen LogP contribution in [0.2, 0.25) is 0 Å². The Morgan fingerprint density at radius 1 is 0.976 bits per heavy atom. The van der Waals surface area contributed by atoms with Crippen LogP contribution in [0, 0.1) is 11.3 Å². The Morgan fingerprint density at radius 3 is 2.36 bits per heavy atom. The Bertz CT molecular complexity index is 1500. The standard InChI is InChI=1S/C29H34N8O5/c1-41-29(40)36-20-4-2-18(3-5-20)34-24-13-25(26-11-8-21-12-17(14-30)15-33-37(21)26)32-16-23(24)27(38)35-19-6-9-22(10-7-19)42-28(31)39/h8,11-13,15-16,18-20,22H,2-7,9-10H2,1H3,(H2,31,39)(H,32,34)(H,35,38)(H,36,40). The predicted octanol–water partition coefficient (Wildman–Crippen LogP) is 3.48. The second-order valence-electron chi connectivity index (χ2n) is 10.7. The van der Waals surface area contributed by atoms with Crippen LogP contribution in [0.25, 0.3) is 16.9 Å². The number of carbonyl (C=O) groups is 3. The molecule has 2 fully saturated rings. The van der Waals surface area contributed by atoms with E-state index in [1.807, 2.05) is 18.2 Å². The summed E-state index contributed by atoms with van der Waals surface area (Å²) in [6, 6.07) is 9.52. The van der Waals surface area contributed by atoms with Gasteiger partial charge in [-0.15, -0.1) is 0 Å². The average Bonchev–Trinajstić information content (AvgIpc) is 3.42. The van der Waals surface area contributed by atoms with Gasteiger partial charge in [0.15, 0.2) is 0 Å². The van der Waals surface area contributed by atoms with Gasteiger partial charge in [-0.3, -0.25) is 9.78 Å². The number of methoxy groups -OCH3 is 1. The number of nitrogens with one attached hydrogen (secondary N) is 3. The number of anilines is 1. The zero-order valence-electron chi connectivity index (χ0n) is 23.3. The van der Waals surface area contributed by atoms with Crippen molar-refractivity contribution in [1.29, 1.82) is 5.26 Å². The van der Waals surface area contributed by atoms with Crippen molar-refractivity contribution in [1.82, 2.24) is 25.2 Å². The first-order valence-electron chi connectivity index (χ1n) is 14.1. The molecule has 3 heterocycles. The minimum atomic E-state index is -0.782. The molecule has 0 radical (unpaired) electrons. The van der Waals surface area contributed by atoms with Crippen LogP contribution < -0.4 is 21.7 Å². The first-order valence-corrected chi connectivity index (χ1v) is 14.1. The number of alkyl carbamates (subject to hydrolysis) is 1. The number of pyridine rings is 1. The van der Waals surface area contributed by atoms with Gasteiger partial charge in [-0.05, 0) is 75.6 Å². The number of primary amides is 1. The van der Waals surface area contributed by atoms with Gasteiger partial charge in [-0.1, -0.05) is 0 Å². The molecule has 2 aliphatic carbocycles. The lowest BCUT2D eigenvalue weighted by Crippen LogP contribution is -2.41. The Morgan fingerprint density at radius 2 is 1.67 bits per heavy atom. The molecule has 2 saturated carbocycles. The molecule has 3 aromatic heterocycles. The van der Waals surface area contributed by atoms with Crippen LogP contribution in [0.1, 0.15) is 67.3 Å². The Hall–Kier alpha value is -4.86. The van der Waals surface area contributed by atoms with Gasteiger partial charge in [0.2, 0.25) is 0 Å². The number of carbonyl (C=O) groups excluding carboxylic acids is 3. The van der Waals surface area contributed by atoms with Crippen LogP contribution in [-0.4, -0.2) is 64.0 Å². The fourth-order valence-electron chi connectivity index (χ4n) is 5.73. The average molecular weight is 575 g/mol.